The van der Waals surface area contributed by atoms with Crippen LogP contribution in [0, 0.1) is 3.57 Å². The van der Waals surface area contributed by atoms with Gasteiger partial charge in [-0.15, -0.1) is 0 Å². The average molecular weight is 494 g/mol. The molecule has 0 aromatic heterocycles. The molecule has 3 rings (SSSR count). The summed E-state index contributed by atoms with van der Waals surface area (Å²) in [6, 6.07) is 13.1. The van der Waals surface area contributed by atoms with E-state index in [4.69, 9.17) is 9.47 Å². The molecule has 2 aromatic carbocycles. The van der Waals surface area contributed by atoms with E-state index in [-0.39, 0.29) is 11.8 Å². The second kappa shape index (κ2) is 9.27. The summed E-state index contributed by atoms with van der Waals surface area (Å²) >= 11 is 2.18. The quantitative estimate of drug-likeness (QED) is 0.601. The molecule has 1 aliphatic rings. The van der Waals surface area contributed by atoms with Crippen molar-refractivity contribution in [3.8, 4) is 11.5 Å². The zero-order valence-electron chi connectivity index (χ0n) is 16.0. The lowest BCUT2D eigenvalue weighted by Gasteiger charge is -2.35. The molecule has 0 aliphatic carbocycles. The monoisotopic (exact) mass is 494 g/mol. The number of hydrogen-bond acceptors (Lipinski definition) is 4. The summed E-state index contributed by atoms with van der Waals surface area (Å²) in [6.45, 7) is 2.17. The second-order valence-electron chi connectivity index (χ2n) is 6.52. The molecule has 0 N–H and O–H groups in total. The van der Waals surface area contributed by atoms with E-state index in [2.05, 4.69) is 22.6 Å². The molecule has 1 saturated heterocycles. The van der Waals surface area contributed by atoms with Gasteiger partial charge in [0.1, 0.15) is 0 Å². The number of methoxy groups -OCH3 is 2. The van der Waals surface area contributed by atoms with E-state index in [1.54, 1.807) is 20.3 Å². The summed E-state index contributed by atoms with van der Waals surface area (Å²) in [7, 11) is 3.16. The molecular formula is C21H23IN2O4. The van der Waals surface area contributed by atoms with Crippen LogP contribution in [0.15, 0.2) is 42.5 Å². The molecule has 0 atom stereocenters. The van der Waals surface area contributed by atoms with Crippen LogP contribution in [0.4, 0.5) is 0 Å². The molecule has 7 heteroatoms. The molecule has 0 unspecified atom stereocenters. The van der Waals surface area contributed by atoms with Crippen molar-refractivity contribution in [3.63, 3.8) is 0 Å². The van der Waals surface area contributed by atoms with Gasteiger partial charge in [0.25, 0.3) is 5.91 Å². The second-order valence-corrected chi connectivity index (χ2v) is 7.68. The molecule has 28 heavy (non-hydrogen) atoms. The third-order valence-electron chi connectivity index (χ3n) is 4.83. The van der Waals surface area contributed by atoms with E-state index in [0.29, 0.717) is 49.7 Å². The summed E-state index contributed by atoms with van der Waals surface area (Å²) in [4.78, 5) is 29.0. The number of piperazine rings is 1. The van der Waals surface area contributed by atoms with Crippen LogP contribution in [0.25, 0.3) is 0 Å². The Labute approximate surface area is 178 Å². The Hall–Kier alpha value is -2.29. The number of amides is 2. The molecule has 1 heterocycles. The predicted octanol–water partition coefficient (Wildman–Crippen LogP) is 2.84. The molecule has 0 radical (unpaired) electrons. The summed E-state index contributed by atoms with van der Waals surface area (Å²) in [6.07, 6.45) is 0.297. The Morgan fingerprint density at radius 3 is 2.21 bits per heavy atom. The Morgan fingerprint density at radius 1 is 0.929 bits per heavy atom. The van der Waals surface area contributed by atoms with Gasteiger partial charge in [0.05, 0.1) is 26.2 Å². The van der Waals surface area contributed by atoms with Crippen molar-refractivity contribution >= 4 is 34.4 Å². The van der Waals surface area contributed by atoms with Crippen LogP contribution in [0.3, 0.4) is 0 Å². The molecule has 2 aromatic rings. The minimum absolute atomic E-state index is 0.0250. The standard InChI is InChI=1S/C21H23IN2O4/c1-27-18-8-7-15(13-19(18)28-2)14-20(25)23-9-11-24(12-10-23)21(26)16-5-3-4-6-17(16)22/h3-8,13H,9-12,14H2,1-2H3. The van der Waals surface area contributed by atoms with Gasteiger partial charge < -0.3 is 19.3 Å². The first kappa shape index (κ1) is 20.4. The van der Waals surface area contributed by atoms with Gasteiger partial charge in [-0.3, -0.25) is 9.59 Å². The van der Waals surface area contributed by atoms with Crippen molar-refractivity contribution in [1.29, 1.82) is 0 Å². The number of ether oxygens (including phenoxy) is 2. The average Bonchev–Trinajstić information content (AvgIpc) is 2.73. The van der Waals surface area contributed by atoms with Gasteiger partial charge in [0.15, 0.2) is 11.5 Å². The van der Waals surface area contributed by atoms with E-state index >= 15 is 0 Å². The fourth-order valence-electron chi connectivity index (χ4n) is 3.24. The first-order valence-electron chi connectivity index (χ1n) is 9.06. The number of halogens is 1. The number of nitrogens with zero attached hydrogens (tertiary/aromatic N) is 2. The summed E-state index contributed by atoms with van der Waals surface area (Å²) < 4.78 is 11.5. The van der Waals surface area contributed by atoms with Crippen molar-refractivity contribution in [2.24, 2.45) is 0 Å². The fraction of sp³-hybridized carbons (Fsp3) is 0.333. The van der Waals surface area contributed by atoms with Crippen molar-refractivity contribution in [3.05, 3.63) is 57.2 Å². The normalized spacial score (nSPS) is 14.0. The van der Waals surface area contributed by atoms with E-state index in [0.717, 1.165) is 9.13 Å². The fourth-order valence-corrected chi connectivity index (χ4v) is 3.86. The molecule has 0 saturated carbocycles. The predicted molar refractivity (Wildman–Crippen MR) is 115 cm³/mol. The molecular weight excluding hydrogens is 471 g/mol. The summed E-state index contributed by atoms with van der Waals surface area (Å²) in [5.41, 5.74) is 1.59. The van der Waals surface area contributed by atoms with Crippen molar-refractivity contribution in [2.45, 2.75) is 6.42 Å². The van der Waals surface area contributed by atoms with Crippen molar-refractivity contribution in [1.82, 2.24) is 9.80 Å². The molecule has 148 valence electrons. The van der Waals surface area contributed by atoms with Gasteiger partial charge >= 0.3 is 0 Å². The van der Waals surface area contributed by atoms with E-state index in [1.165, 1.54) is 0 Å². The van der Waals surface area contributed by atoms with Crippen LogP contribution in [0.5, 0.6) is 11.5 Å². The van der Waals surface area contributed by atoms with Crippen molar-refractivity contribution < 1.29 is 19.1 Å². The molecule has 0 spiro atoms. The van der Waals surface area contributed by atoms with E-state index in [9.17, 15) is 9.59 Å². The van der Waals surface area contributed by atoms with Crippen LogP contribution in [0.1, 0.15) is 15.9 Å². The highest BCUT2D eigenvalue weighted by atomic mass is 127. The Kier molecular flexibility index (Phi) is 6.77. The first-order valence-corrected chi connectivity index (χ1v) is 10.1. The van der Waals surface area contributed by atoms with E-state index in [1.807, 2.05) is 46.2 Å². The number of carbonyl (C=O) groups is 2. The van der Waals surface area contributed by atoms with Gasteiger partial charge in [0, 0.05) is 29.7 Å². The Morgan fingerprint density at radius 2 is 1.57 bits per heavy atom. The smallest absolute Gasteiger partial charge is 0.255 e. The number of carbonyl (C=O) groups excluding carboxylic acids is 2. The first-order chi connectivity index (χ1) is 13.5. The lowest BCUT2D eigenvalue weighted by atomic mass is 10.1. The summed E-state index contributed by atoms with van der Waals surface area (Å²) in [5, 5.41) is 0. The Bertz CT molecular complexity index is 863. The maximum Gasteiger partial charge on any atom is 0.255 e. The molecule has 6 nitrogen and oxygen atoms in total. The highest BCUT2D eigenvalue weighted by Crippen LogP contribution is 2.28. The lowest BCUT2D eigenvalue weighted by Crippen LogP contribution is -2.51. The number of rotatable bonds is 5. The maximum absolute atomic E-state index is 12.7. The minimum Gasteiger partial charge on any atom is -0.493 e. The van der Waals surface area contributed by atoms with Gasteiger partial charge in [-0.05, 0) is 52.4 Å². The van der Waals surface area contributed by atoms with Crippen molar-refractivity contribution in [2.75, 3.05) is 40.4 Å². The summed E-state index contributed by atoms with van der Waals surface area (Å²) in [5.74, 6) is 1.33. The molecule has 1 aliphatic heterocycles. The largest absolute Gasteiger partial charge is 0.493 e. The third-order valence-corrected chi connectivity index (χ3v) is 5.77. The van der Waals surface area contributed by atoms with Gasteiger partial charge in [0.2, 0.25) is 5.91 Å². The van der Waals surface area contributed by atoms with E-state index < -0.39 is 0 Å². The number of hydrogen-bond donors (Lipinski definition) is 0. The van der Waals surface area contributed by atoms with Gasteiger partial charge in [-0.2, -0.15) is 0 Å². The van der Waals surface area contributed by atoms with Crippen LogP contribution in [-0.2, 0) is 11.2 Å². The van der Waals surface area contributed by atoms with Crippen LogP contribution >= 0.6 is 22.6 Å². The highest BCUT2D eigenvalue weighted by molar-refractivity contribution is 14.1. The molecule has 0 bridgehead atoms. The highest BCUT2D eigenvalue weighted by Gasteiger charge is 2.25. The van der Waals surface area contributed by atoms with Crippen LogP contribution in [0.2, 0.25) is 0 Å². The maximum atomic E-state index is 12.7. The molecule has 1 fully saturated rings. The van der Waals surface area contributed by atoms with Gasteiger partial charge in [-0.25, -0.2) is 0 Å². The van der Waals surface area contributed by atoms with Crippen LogP contribution < -0.4 is 9.47 Å². The topological polar surface area (TPSA) is 59.1 Å². The SMILES string of the molecule is COc1ccc(CC(=O)N2CCN(C(=O)c3ccccc3I)CC2)cc1OC. The lowest BCUT2D eigenvalue weighted by molar-refractivity contribution is -0.131. The molecule has 2 amide bonds. The van der Waals surface area contributed by atoms with Crippen LogP contribution in [-0.4, -0.2) is 62.0 Å². The zero-order chi connectivity index (χ0) is 20.1. The van der Waals surface area contributed by atoms with Gasteiger partial charge in [-0.1, -0.05) is 18.2 Å². The number of benzene rings is 2. The third kappa shape index (κ3) is 4.57. The Balaban J connectivity index is 1.58. The zero-order valence-corrected chi connectivity index (χ0v) is 18.1. The minimum atomic E-state index is 0.0250.